The summed E-state index contributed by atoms with van der Waals surface area (Å²) in [6.45, 7) is 2.31. The summed E-state index contributed by atoms with van der Waals surface area (Å²) in [4.78, 5) is 25.8. The van der Waals surface area contributed by atoms with Crippen molar-refractivity contribution in [2.45, 2.75) is 19.8 Å². The van der Waals surface area contributed by atoms with Crippen LogP contribution in [0.25, 0.3) is 0 Å². The average molecular weight is 374 g/mol. The maximum atomic E-state index is 11.9. The number of rotatable bonds is 6. The Hall–Kier alpha value is -2.53. The first-order valence-corrected chi connectivity index (χ1v) is 8.86. The molecule has 2 aromatic rings. The van der Waals surface area contributed by atoms with E-state index in [0.717, 1.165) is 24.1 Å². The number of amides is 2. The van der Waals surface area contributed by atoms with E-state index in [1.165, 1.54) is 5.56 Å². The summed E-state index contributed by atoms with van der Waals surface area (Å²) in [6, 6.07) is 13.4. The van der Waals surface area contributed by atoms with Gasteiger partial charge in [-0.25, -0.2) is 0 Å². The van der Waals surface area contributed by atoms with Gasteiger partial charge in [0.15, 0.2) is 0 Å². The number of carbonyl (C=O) groups is 2. The number of benzene rings is 2. The zero-order valence-electron chi connectivity index (χ0n) is 15.3. The molecular formula is C20H24ClN3O2. The highest BCUT2D eigenvalue weighted by molar-refractivity contribution is 6.39. The molecule has 2 aromatic carbocycles. The smallest absolute Gasteiger partial charge is 0.313 e. The van der Waals surface area contributed by atoms with Gasteiger partial charge in [0.05, 0.1) is 0 Å². The molecule has 0 aliphatic heterocycles. The number of nitrogens with one attached hydrogen (secondary N) is 2. The van der Waals surface area contributed by atoms with Crippen molar-refractivity contribution in [1.82, 2.24) is 5.32 Å². The Morgan fingerprint density at radius 2 is 1.73 bits per heavy atom. The molecule has 0 fully saturated rings. The first-order valence-electron chi connectivity index (χ1n) is 8.48. The van der Waals surface area contributed by atoms with Gasteiger partial charge in [0.2, 0.25) is 0 Å². The normalized spacial score (nSPS) is 10.3. The molecule has 2 rings (SSSR count). The highest BCUT2D eigenvalue weighted by Gasteiger charge is 2.13. The van der Waals surface area contributed by atoms with Crippen LogP contribution in [0.1, 0.15) is 17.5 Å². The van der Waals surface area contributed by atoms with Gasteiger partial charge in [-0.15, -0.1) is 0 Å². The molecule has 6 heteroatoms. The van der Waals surface area contributed by atoms with Crippen molar-refractivity contribution in [3.8, 4) is 0 Å². The van der Waals surface area contributed by atoms with Gasteiger partial charge in [-0.2, -0.15) is 0 Å². The topological polar surface area (TPSA) is 61.4 Å². The molecule has 0 aliphatic rings. The Morgan fingerprint density at radius 3 is 2.35 bits per heavy atom. The Kier molecular flexibility index (Phi) is 7.04. The molecule has 0 bridgehead atoms. The van der Waals surface area contributed by atoms with Crippen LogP contribution < -0.4 is 15.5 Å². The molecular weight excluding hydrogens is 350 g/mol. The summed E-state index contributed by atoms with van der Waals surface area (Å²) in [5, 5.41) is 5.73. The molecule has 0 spiro atoms. The Morgan fingerprint density at radius 1 is 1.04 bits per heavy atom. The summed E-state index contributed by atoms with van der Waals surface area (Å²) in [5.41, 5.74) is 3.76. The molecule has 0 aromatic heterocycles. The fourth-order valence-electron chi connectivity index (χ4n) is 2.39. The van der Waals surface area contributed by atoms with Gasteiger partial charge < -0.3 is 15.5 Å². The fourth-order valence-corrected chi connectivity index (χ4v) is 2.57. The second-order valence-electron chi connectivity index (χ2n) is 6.34. The molecule has 0 saturated carbocycles. The molecule has 2 N–H and O–H groups in total. The third kappa shape index (κ3) is 5.77. The summed E-state index contributed by atoms with van der Waals surface area (Å²) < 4.78 is 0. The van der Waals surface area contributed by atoms with Crippen molar-refractivity contribution in [2.24, 2.45) is 0 Å². The van der Waals surface area contributed by atoms with Gasteiger partial charge in [0.25, 0.3) is 0 Å². The van der Waals surface area contributed by atoms with Gasteiger partial charge in [-0.3, -0.25) is 9.59 Å². The second kappa shape index (κ2) is 9.25. The largest absolute Gasteiger partial charge is 0.378 e. The van der Waals surface area contributed by atoms with Gasteiger partial charge in [0, 0.05) is 37.0 Å². The number of halogens is 1. The molecule has 0 unspecified atom stereocenters. The van der Waals surface area contributed by atoms with Crippen LogP contribution in [0.4, 0.5) is 11.4 Å². The fraction of sp³-hybridized carbons (Fsp3) is 0.300. The molecule has 0 aliphatic carbocycles. The van der Waals surface area contributed by atoms with Gasteiger partial charge in [-0.05, 0) is 55.2 Å². The predicted molar refractivity (Wildman–Crippen MR) is 107 cm³/mol. The van der Waals surface area contributed by atoms with Gasteiger partial charge in [-0.1, -0.05) is 29.8 Å². The van der Waals surface area contributed by atoms with Crippen molar-refractivity contribution >= 4 is 34.8 Å². The van der Waals surface area contributed by atoms with E-state index >= 15 is 0 Å². The molecule has 138 valence electrons. The summed E-state index contributed by atoms with van der Waals surface area (Å²) >= 11 is 6.01. The minimum Gasteiger partial charge on any atom is -0.378 e. The van der Waals surface area contributed by atoms with Crippen molar-refractivity contribution < 1.29 is 9.59 Å². The van der Waals surface area contributed by atoms with Crippen LogP contribution in [0.15, 0.2) is 42.5 Å². The minimum absolute atomic E-state index is 0.441. The highest BCUT2D eigenvalue weighted by atomic mass is 35.5. The van der Waals surface area contributed by atoms with E-state index in [0.29, 0.717) is 17.3 Å². The van der Waals surface area contributed by atoms with E-state index in [1.807, 2.05) is 25.9 Å². The monoisotopic (exact) mass is 373 g/mol. The molecule has 0 atom stereocenters. The van der Waals surface area contributed by atoms with Crippen LogP contribution in [0.3, 0.4) is 0 Å². The van der Waals surface area contributed by atoms with Crippen LogP contribution in [0.2, 0.25) is 5.02 Å². The van der Waals surface area contributed by atoms with E-state index in [-0.39, 0.29) is 0 Å². The molecule has 0 radical (unpaired) electrons. The van der Waals surface area contributed by atoms with Crippen LogP contribution in [-0.4, -0.2) is 32.5 Å². The maximum absolute atomic E-state index is 11.9. The second-order valence-corrected chi connectivity index (χ2v) is 6.75. The molecule has 5 nitrogen and oxygen atoms in total. The van der Waals surface area contributed by atoms with Crippen molar-refractivity contribution in [1.29, 1.82) is 0 Å². The molecule has 0 heterocycles. The lowest BCUT2D eigenvalue weighted by molar-refractivity contribution is -0.136. The minimum atomic E-state index is -0.694. The first-order chi connectivity index (χ1) is 12.4. The number of aryl methyl sites for hydroxylation is 2. The SMILES string of the molecule is Cc1ccc(NC(=O)C(=O)NCCCc2ccc(N(C)C)cc2)cc1Cl. The van der Waals surface area contributed by atoms with Crippen LogP contribution in [0.5, 0.6) is 0 Å². The number of anilines is 2. The quantitative estimate of drug-likeness (QED) is 0.602. The third-order valence-electron chi connectivity index (χ3n) is 4.02. The van der Waals surface area contributed by atoms with E-state index in [4.69, 9.17) is 11.6 Å². The lowest BCUT2D eigenvalue weighted by atomic mass is 10.1. The maximum Gasteiger partial charge on any atom is 0.313 e. The summed E-state index contributed by atoms with van der Waals surface area (Å²) in [5.74, 6) is -1.34. The number of nitrogens with zero attached hydrogens (tertiary/aromatic N) is 1. The Bertz CT molecular complexity index is 773. The Balaban J connectivity index is 1.73. The number of carbonyl (C=O) groups excluding carboxylic acids is 2. The number of hydrogen-bond acceptors (Lipinski definition) is 3. The Labute approximate surface area is 159 Å². The van der Waals surface area contributed by atoms with Crippen LogP contribution in [-0.2, 0) is 16.0 Å². The van der Waals surface area contributed by atoms with Crippen molar-refractivity contribution in [2.75, 3.05) is 30.9 Å². The highest BCUT2D eigenvalue weighted by Crippen LogP contribution is 2.19. The van der Waals surface area contributed by atoms with Crippen molar-refractivity contribution in [3.05, 3.63) is 58.6 Å². The summed E-state index contributed by atoms with van der Waals surface area (Å²) in [7, 11) is 4.00. The molecule has 2 amide bonds. The third-order valence-corrected chi connectivity index (χ3v) is 4.42. The zero-order chi connectivity index (χ0) is 19.1. The standard InChI is InChI=1S/C20H24ClN3O2/c1-14-6-9-16(13-18(14)21)23-20(26)19(25)22-12-4-5-15-7-10-17(11-8-15)24(2)3/h6-11,13H,4-5,12H2,1-3H3,(H,22,25)(H,23,26). The lowest BCUT2D eigenvalue weighted by Crippen LogP contribution is -2.36. The van der Waals surface area contributed by atoms with E-state index in [2.05, 4.69) is 34.9 Å². The average Bonchev–Trinajstić information content (AvgIpc) is 2.62. The van der Waals surface area contributed by atoms with Crippen molar-refractivity contribution in [3.63, 3.8) is 0 Å². The lowest BCUT2D eigenvalue weighted by Gasteiger charge is -2.12. The van der Waals surface area contributed by atoms with Gasteiger partial charge in [0.1, 0.15) is 0 Å². The predicted octanol–water partition coefficient (Wildman–Crippen LogP) is 3.40. The van der Waals surface area contributed by atoms with Crippen LogP contribution in [0, 0.1) is 6.92 Å². The summed E-state index contributed by atoms with van der Waals surface area (Å²) in [6.07, 6.45) is 1.60. The molecule has 26 heavy (non-hydrogen) atoms. The van der Waals surface area contributed by atoms with E-state index in [1.54, 1.807) is 18.2 Å². The molecule has 0 saturated heterocycles. The van der Waals surface area contributed by atoms with Crippen LogP contribution >= 0.6 is 11.6 Å². The zero-order valence-corrected chi connectivity index (χ0v) is 16.1. The van der Waals surface area contributed by atoms with E-state index < -0.39 is 11.8 Å². The van der Waals surface area contributed by atoms with E-state index in [9.17, 15) is 9.59 Å². The van der Waals surface area contributed by atoms with Gasteiger partial charge >= 0.3 is 11.8 Å². The number of hydrogen-bond donors (Lipinski definition) is 2. The first kappa shape index (κ1) is 19.8.